The van der Waals surface area contributed by atoms with Crippen LogP contribution < -0.4 is 20.9 Å². The van der Waals surface area contributed by atoms with Gasteiger partial charge in [-0.2, -0.15) is 0 Å². The largest absolute Gasteiger partial charge is 0.355 e. The van der Waals surface area contributed by atoms with Crippen LogP contribution in [0, 0.1) is 5.92 Å². The number of anilines is 2. The molecular weight excluding hydrogens is 378 g/mol. The second kappa shape index (κ2) is 8.57. The Morgan fingerprint density at radius 1 is 1.21 bits per heavy atom. The summed E-state index contributed by atoms with van der Waals surface area (Å²) < 4.78 is 28.6. The summed E-state index contributed by atoms with van der Waals surface area (Å²) in [6.45, 7) is 3.10. The summed E-state index contributed by atoms with van der Waals surface area (Å²) in [7, 11) is -3.80. The van der Waals surface area contributed by atoms with Crippen molar-refractivity contribution in [3.05, 3.63) is 48.2 Å². The Morgan fingerprint density at radius 2 is 1.89 bits per heavy atom. The van der Waals surface area contributed by atoms with Crippen molar-refractivity contribution >= 4 is 27.4 Å². The van der Waals surface area contributed by atoms with Gasteiger partial charge in [-0.05, 0) is 49.1 Å². The van der Waals surface area contributed by atoms with E-state index in [0.29, 0.717) is 37.4 Å². The molecule has 1 aliphatic heterocycles. The first-order valence-electron chi connectivity index (χ1n) is 9.26. The van der Waals surface area contributed by atoms with E-state index < -0.39 is 10.0 Å². The fourth-order valence-electron chi connectivity index (χ4n) is 3.32. The summed E-state index contributed by atoms with van der Waals surface area (Å²) in [5.74, 6) is 5.25. The summed E-state index contributed by atoms with van der Waals surface area (Å²) in [6.07, 6.45) is 3.64. The molecule has 1 fully saturated rings. The number of hydrazine groups is 1. The number of aryl methyl sites for hydroxylation is 1. The van der Waals surface area contributed by atoms with Crippen LogP contribution >= 0.6 is 0 Å². The Kier molecular flexibility index (Phi) is 6.15. The molecule has 0 radical (unpaired) electrons. The highest BCUT2D eigenvalue weighted by Gasteiger charge is 2.29. The van der Waals surface area contributed by atoms with Gasteiger partial charge in [0.25, 0.3) is 10.0 Å². The monoisotopic (exact) mass is 403 g/mol. The average molecular weight is 404 g/mol. The summed E-state index contributed by atoms with van der Waals surface area (Å²) in [4.78, 5) is 18.0. The van der Waals surface area contributed by atoms with Gasteiger partial charge in [-0.3, -0.25) is 14.9 Å². The van der Waals surface area contributed by atoms with Crippen molar-refractivity contribution in [3.63, 3.8) is 0 Å². The molecule has 1 saturated heterocycles. The van der Waals surface area contributed by atoms with Crippen molar-refractivity contribution < 1.29 is 13.2 Å². The molecule has 1 aromatic carbocycles. The van der Waals surface area contributed by atoms with Crippen molar-refractivity contribution in [1.82, 2.24) is 10.4 Å². The molecule has 3 rings (SSSR count). The molecule has 28 heavy (non-hydrogen) atoms. The number of rotatable bonds is 6. The van der Waals surface area contributed by atoms with Crippen molar-refractivity contribution in [3.8, 4) is 0 Å². The van der Waals surface area contributed by atoms with Crippen LogP contribution in [0.3, 0.4) is 0 Å². The van der Waals surface area contributed by atoms with Crippen molar-refractivity contribution in [2.45, 2.75) is 31.1 Å². The summed E-state index contributed by atoms with van der Waals surface area (Å²) >= 11 is 0. The van der Waals surface area contributed by atoms with E-state index in [1.807, 2.05) is 24.0 Å². The van der Waals surface area contributed by atoms with E-state index in [1.165, 1.54) is 0 Å². The predicted octanol–water partition coefficient (Wildman–Crippen LogP) is 1.65. The molecule has 2 aromatic rings. The van der Waals surface area contributed by atoms with Crippen LogP contribution in [-0.4, -0.2) is 32.4 Å². The number of piperidine rings is 1. The van der Waals surface area contributed by atoms with Gasteiger partial charge in [-0.15, -0.1) is 0 Å². The highest BCUT2D eigenvalue weighted by molar-refractivity contribution is 7.92. The van der Waals surface area contributed by atoms with Gasteiger partial charge >= 0.3 is 0 Å². The van der Waals surface area contributed by atoms with Gasteiger partial charge in [0.15, 0.2) is 0 Å². The number of sulfonamides is 1. The Morgan fingerprint density at radius 3 is 2.50 bits per heavy atom. The molecule has 1 aromatic heterocycles. The van der Waals surface area contributed by atoms with Gasteiger partial charge in [0.2, 0.25) is 5.91 Å². The SMILES string of the molecule is CCc1ccc(NS(=O)(=O)c2cccnc2N2CCC(C(=O)NN)CC2)cc1. The Labute approximate surface area is 165 Å². The highest BCUT2D eigenvalue weighted by atomic mass is 32.2. The van der Waals surface area contributed by atoms with E-state index in [-0.39, 0.29) is 16.7 Å². The number of aromatic nitrogens is 1. The number of nitrogens with one attached hydrogen (secondary N) is 2. The van der Waals surface area contributed by atoms with Crippen molar-refractivity contribution in [2.75, 3.05) is 22.7 Å². The van der Waals surface area contributed by atoms with Crippen LogP contribution in [0.2, 0.25) is 0 Å². The van der Waals surface area contributed by atoms with Crippen LogP contribution in [0.5, 0.6) is 0 Å². The van der Waals surface area contributed by atoms with Gasteiger partial charge in [-0.25, -0.2) is 19.2 Å². The van der Waals surface area contributed by atoms with Crippen molar-refractivity contribution in [2.24, 2.45) is 11.8 Å². The summed E-state index contributed by atoms with van der Waals surface area (Å²) in [5.41, 5.74) is 3.82. The Balaban J connectivity index is 1.80. The number of nitrogens with two attached hydrogens (primary N) is 1. The van der Waals surface area contributed by atoms with E-state index in [1.54, 1.807) is 30.5 Å². The minimum absolute atomic E-state index is 0.122. The van der Waals surface area contributed by atoms with Crippen LogP contribution in [0.1, 0.15) is 25.3 Å². The third-order valence-corrected chi connectivity index (χ3v) is 6.36. The fraction of sp³-hybridized carbons (Fsp3) is 0.368. The topological polar surface area (TPSA) is 117 Å². The molecular formula is C19H25N5O3S. The lowest BCUT2D eigenvalue weighted by Crippen LogP contribution is -2.43. The minimum Gasteiger partial charge on any atom is -0.355 e. The first-order chi connectivity index (χ1) is 13.4. The number of amides is 1. The third-order valence-electron chi connectivity index (χ3n) is 4.96. The van der Waals surface area contributed by atoms with Crippen LogP contribution in [0.15, 0.2) is 47.5 Å². The number of carbonyl (C=O) groups excluding carboxylic acids is 1. The first kappa shape index (κ1) is 20.1. The molecule has 0 unspecified atom stereocenters. The molecule has 0 bridgehead atoms. The molecule has 8 nitrogen and oxygen atoms in total. The average Bonchev–Trinajstić information content (AvgIpc) is 2.73. The highest BCUT2D eigenvalue weighted by Crippen LogP contribution is 2.28. The number of carbonyl (C=O) groups is 1. The molecule has 9 heteroatoms. The summed E-state index contributed by atoms with van der Waals surface area (Å²) in [6, 6.07) is 10.5. The zero-order valence-corrected chi connectivity index (χ0v) is 16.6. The van der Waals surface area contributed by atoms with Crippen LogP contribution in [0.25, 0.3) is 0 Å². The van der Waals surface area contributed by atoms with Gasteiger partial charge < -0.3 is 4.90 Å². The lowest BCUT2D eigenvalue weighted by molar-refractivity contribution is -0.125. The normalized spacial score (nSPS) is 15.3. The first-order valence-corrected chi connectivity index (χ1v) is 10.7. The van der Waals surface area contributed by atoms with Gasteiger partial charge in [0.05, 0.1) is 0 Å². The van der Waals surface area contributed by atoms with Crippen molar-refractivity contribution in [1.29, 1.82) is 0 Å². The fourth-order valence-corrected chi connectivity index (χ4v) is 4.56. The molecule has 2 heterocycles. The van der Waals surface area contributed by atoms with Gasteiger partial charge in [0, 0.05) is 30.9 Å². The molecule has 4 N–H and O–H groups in total. The van der Waals surface area contributed by atoms with E-state index in [9.17, 15) is 13.2 Å². The Bertz CT molecular complexity index is 923. The zero-order chi connectivity index (χ0) is 20.1. The van der Waals surface area contributed by atoms with Crippen LogP contribution in [0.4, 0.5) is 11.5 Å². The van der Waals surface area contributed by atoms with Crippen LogP contribution in [-0.2, 0) is 21.2 Å². The molecule has 0 saturated carbocycles. The maximum atomic E-state index is 13.0. The van der Waals surface area contributed by atoms with E-state index >= 15 is 0 Å². The van der Waals surface area contributed by atoms with E-state index in [4.69, 9.17) is 5.84 Å². The zero-order valence-electron chi connectivity index (χ0n) is 15.8. The number of pyridine rings is 1. The smallest absolute Gasteiger partial charge is 0.265 e. The standard InChI is InChI=1S/C19H25N5O3S/c1-2-14-5-7-16(8-6-14)23-28(26,27)17-4-3-11-21-18(17)24-12-9-15(10-13-24)19(25)22-20/h3-8,11,15,23H,2,9-10,12-13,20H2,1H3,(H,22,25). The van der Waals surface area contributed by atoms with E-state index in [0.717, 1.165) is 12.0 Å². The molecule has 1 amide bonds. The molecule has 0 atom stereocenters. The van der Waals surface area contributed by atoms with E-state index in [2.05, 4.69) is 15.1 Å². The lowest BCUT2D eigenvalue weighted by atomic mass is 9.96. The van der Waals surface area contributed by atoms with Gasteiger partial charge in [-0.1, -0.05) is 19.1 Å². The molecule has 1 aliphatic rings. The molecule has 150 valence electrons. The number of hydrogen-bond donors (Lipinski definition) is 3. The number of benzene rings is 1. The maximum Gasteiger partial charge on any atom is 0.265 e. The lowest BCUT2D eigenvalue weighted by Gasteiger charge is -2.32. The second-order valence-corrected chi connectivity index (χ2v) is 8.40. The molecule has 0 aliphatic carbocycles. The minimum atomic E-state index is -3.80. The summed E-state index contributed by atoms with van der Waals surface area (Å²) in [5, 5.41) is 0. The predicted molar refractivity (Wildman–Crippen MR) is 108 cm³/mol. The number of hydrogen-bond acceptors (Lipinski definition) is 6. The number of nitrogens with zero attached hydrogens (tertiary/aromatic N) is 2. The quantitative estimate of drug-likeness (QED) is 0.384. The maximum absolute atomic E-state index is 13.0. The third kappa shape index (κ3) is 4.42. The Hall–Kier alpha value is -2.65. The molecule has 0 spiro atoms. The second-order valence-electron chi connectivity index (χ2n) is 6.75. The van der Waals surface area contributed by atoms with Gasteiger partial charge in [0.1, 0.15) is 10.7 Å².